The molecule has 5 rings (SSSR count). The van der Waals surface area contributed by atoms with Crippen molar-refractivity contribution >= 4 is 51.7 Å². The summed E-state index contributed by atoms with van der Waals surface area (Å²) >= 11 is 7.40. The van der Waals surface area contributed by atoms with Crippen LogP contribution in [0.4, 0.5) is 11.4 Å². The Morgan fingerprint density at radius 2 is 1.56 bits per heavy atom. The number of carbonyl (C=O) groups is 2. The zero-order valence-electron chi connectivity index (χ0n) is 22.6. The van der Waals surface area contributed by atoms with Crippen molar-refractivity contribution in [3.05, 3.63) is 125 Å². The lowest BCUT2D eigenvalue weighted by Crippen LogP contribution is -2.47. The van der Waals surface area contributed by atoms with E-state index in [1.807, 2.05) is 79.7 Å². The van der Waals surface area contributed by atoms with Gasteiger partial charge in [-0.3, -0.25) is 14.5 Å². The molecule has 1 aliphatic rings. The Morgan fingerprint density at radius 1 is 0.951 bits per heavy atom. The minimum absolute atomic E-state index is 0.0317. The number of anilines is 1. The number of hydrogen-bond donors (Lipinski definition) is 1. The molecule has 1 N–H and O–H groups in total. The zero-order valence-corrected chi connectivity index (χ0v) is 24.1. The number of hydrogen-bond acceptors (Lipinski definition) is 5. The van der Waals surface area contributed by atoms with Gasteiger partial charge in [0.2, 0.25) is 11.8 Å². The summed E-state index contributed by atoms with van der Waals surface area (Å²) in [7, 11) is 0. The van der Waals surface area contributed by atoms with Gasteiger partial charge in [-0.15, -0.1) is 0 Å². The lowest BCUT2D eigenvalue weighted by atomic mass is 9.97. The Hall–Kier alpha value is -4.07. The largest absolute Gasteiger partial charge is 0.494 e. The highest BCUT2D eigenvalue weighted by atomic mass is 35.5. The highest BCUT2D eigenvalue weighted by Crippen LogP contribution is 2.38. The van der Waals surface area contributed by atoms with E-state index >= 15 is 0 Å². The van der Waals surface area contributed by atoms with E-state index in [1.54, 1.807) is 41.3 Å². The summed E-state index contributed by atoms with van der Waals surface area (Å²) in [6.45, 7) is 2.68. The zero-order chi connectivity index (χ0) is 28.6. The molecule has 208 valence electrons. The van der Waals surface area contributed by atoms with E-state index in [1.165, 1.54) is 11.8 Å². The molecule has 4 aromatic carbocycles. The lowest BCUT2D eigenvalue weighted by Gasteiger charge is -2.38. The predicted octanol–water partition coefficient (Wildman–Crippen LogP) is 7.88. The topological polar surface area (TPSA) is 71.0 Å². The summed E-state index contributed by atoms with van der Waals surface area (Å²) in [4.78, 5) is 34.0. The molecular formula is C33H30ClN3O3S. The first kappa shape index (κ1) is 28.5. The summed E-state index contributed by atoms with van der Waals surface area (Å²) in [6.07, 6.45) is 0.946. The van der Waals surface area contributed by atoms with Crippen molar-refractivity contribution in [2.75, 3.05) is 11.9 Å². The van der Waals surface area contributed by atoms with E-state index in [0.29, 0.717) is 28.2 Å². The second-order valence-corrected chi connectivity index (χ2v) is 11.1. The number of halogens is 1. The minimum atomic E-state index is -0.659. The van der Waals surface area contributed by atoms with Crippen LogP contribution in [0.2, 0.25) is 5.02 Å². The number of amides is 2. The Kier molecular flexibility index (Phi) is 9.39. The molecule has 1 aliphatic heterocycles. The molecule has 0 bridgehead atoms. The fraction of sp³-hybridized carbons (Fsp3) is 0.182. The van der Waals surface area contributed by atoms with Crippen molar-refractivity contribution in [1.82, 2.24) is 4.90 Å². The van der Waals surface area contributed by atoms with Crippen LogP contribution in [0.3, 0.4) is 0 Å². The molecule has 1 heterocycles. The number of rotatable bonds is 9. The first-order valence-electron chi connectivity index (χ1n) is 13.5. The van der Waals surface area contributed by atoms with Gasteiger partial charge < -0.3 is 10.1 Å². The number of benzene rings is 4. The van der Waals surface area contributed by atoms with Crippen molar-refractivity contribution in [3.63, 3.8) is 0 Å². The van der Waals surface area contributed by atoms with Gasteiger partial charge in [-0.25, -0.2) is 4.99 Å². The van der Waals surface area contributed by atoms with Crippen LogP contribution in [0.1, 0.15) is 36.9 Å². The average molecular weight is 584 g/mol. The molecule has 4 aromatic rings. The minimum Gasteiger partial charge on any atom is -0.494 e. The number of nitrogens with one attached hydrogen (secondary N) is 1. The standard InChI is InChI=1S/C33H30ClN3O3S/c1-2-21-40-28-19-17-26(18-20-28)35-32(39)29-22-30(38)37(33(41-29)36-27-15-13-25(34)14-16-27)31(23-9-5-3-6-10-23)24-11-7-4-8-12-24/h3-20,29,31H,2,21-22H2,1H3,(H,35,39). The van der Waals surface area contributed by atoms with Crippen molar-refractivity contribution < 1.29 is 14.3 Å². The third-order valence-corrected chi connectivity index (χ3v) is 7.93. The summed E-state index contributed by atoms with van der Waals surface area (Å²) in [5, 5.41) is 3.34. The van der Waals surface area contributed by atoms with Gasteiger partial charge in [0.05, 0.1) is 18.3 Å². The molecule has 1 atom stereocenters. The van der Waals surface area contributed by atoms with Crippen molar-refractivity contribution in [1.29, 1.82) is 0 Å². The molecule has 2 amide bonds. The molecule has 1 unspecified atom stereocenters. The van der Waals surface area contributed by atoms with Gasteiger partial charge in [-0.1, -0.05) is 91.0 Å². The molecule has 0 spiro atoms. The normalized spacial score (nSPS) is 16.2. The number of thioether (sulfide) groups is 1. The second-order valence-electron chi connectivity index (χ2n) is 9.53. The molecule has 41 heavy (non-hydrogen) atoms. The van der Waals surface area contributed by atoms with Crippen LogP contribution >= 0.6 is 23.4 Å². The van der Waals surface area contributed by atoms with Gasteiger partial charge in [0, 0.05) is 17.1 Å². The average Bonchev–Trinajstić information content (AvgIpc) is 3.00. The van der Waals surface area contributed by atoms with E-state index in [-0.39, 0.29) is 18.2 Å². The third-order valence-electron chi connectivity index (χ3n) is 6.51. The fourth-order valence-corrected chi connectivity index (χ4v) is 5.79. The van der Waals surface area contributed by atoms with E-state index in [9.17, 15) is 9.59 Å². The summed E-state index contributed by atoms with van der Waals surface area (Å²) in [6, 6.07) is 33.7. The highest BCUT2D eigenvalue weighted by Gasteiger charge is 2.40. The third kappa shape index (κ3) is 7.17. The Labute approximate surface area is 249 Å². The molecule has 0 aliphatic carbocycles. The monoisotopic (exact) mass is 583 g/mol. The van der Waals surface area contributed by atoms with Crippen LogP contribution in [0, 0.1) is 0 Å². The molecule has 0 saturated carbocycles. The molecule has 1 fully saturated rings. The van der Waals surface area contributed by atoms with Gasteiger partial charge >= 0.3 is 0 Å². The van der Waals surface area contributed by atoms with Crippen LogP contribution in [-0.4, -0.2) is 33.7 Å². The van der Waals surface area contributed by atoms with Crippen LogP contribution in [0.5, 0.6) is 5.75 Å². The predicted molar refractivity (Wildman–Crippen MR) is 167 cm³/mol. The SMILES string of the molecule is CCCOc1ccc(NC(=O)C2CC(=O)N(C(c3ccccc3)c3ccccc3)C(=Nc3ccc(Cl)cc3)S2)cc1. The molecule has 0 aromatic heterocycles. The van der Waals surface area contributed by atoms with Gasteiger partial charge in [0.1, 0.15) is 11.0 Å². The van der Waals surface area contributed by atoms with Crippen molar-refractivity contribution in [2.24, 2.45) is 4.99 Å². The summed E-state index contributed by atoms with van der Waals surface area (Å²) < 4.78 is 5.64. The number of carbonyl (C=O) groups excluding carboxylic acids is 2. The summed E-state index contributed by atoms with van der Waals surface area (Å²) in [5.41, 5.74) is 3.17. The lowest BCUT2D eigenvalue weighted by molar-refractivity contribution is -0.130. The molecular weight excluding hydrogens is 554 g/mol. The van der Waals surface area contributed by atoms with E-state index < -0.39 is 11.3 Å². The molecule has 0 radical (unpaired) electrons. The first-order valence-corrected chi connectivity index (χ1v) is 14.7. The van der Waals surface area contributed by atoms with Gasteiger partial charge in [0.15, 0.2) is 5.17 Å². The highest BCUT2D eigenvalue weighted by molar-refractivity contribution is 8.15. The van der Waals surface area contributed by atoms with Crippen LogP contribution in [-0.2, 0) is 9.59 Å². The molecule has 6 nitrogen and oxygen atoms in total. The van der Waals surface area contributed by atoms with E-state index in [0.717, 1.165) is 23.3 Å². The maximum atomic E-state index is 14.0. The van der Waals surface area contributed by atoms with E-state index in [2.05, 4.69) is 5.32 Å². The van der Waals surface area contributed by atoms with Crippen molar-refractivity contribution in [3.8, 4) is 5.75 Å². The smallest absolute Gasteiger partial charge is 0.238 e. The molecule has 1 saturated heterocycles. The van der Waals surface area contributed by atoms with E-state index in [4.69, 9.17) is 21.3 Å². The van der Waals surface area contributed by atoms with Crippen molar-refractivity contribution in [2.45, 2.75) is 31.1 Å². The maximum absolute atomic E-state index is 14.0. The summed E-state index contributed by atoms with van der Waals surface area (Å²) in [5.74, 6) is 0.301. The number of amidine groups is 1. The number of aliphatic imine (C=N–C) groups is 1. The van der Waals surface area contributed by atoms with Crippen LogP contribution < -0.4 is 10.1 Å². The Balaban J connectivity index is 1.47. The molecule has 8 heteroatoms. The van der Waals surface area contributed by atoms with Gasteiger partial charge in [-0.05, 0) is 66.1 Å². The quantitative estimate of drug-likeness (QED) is 0.217. The van der Waals surface area contributed by atoms with Gasteiger partial charge in [0.25, 0.3) is 0 Å². The second kappa shape index (κ2) is 13.5. The maximum Gasteiger partial charge on any atom is 0.238 e. The Morgan fingerprint density at radius 3 is 2.15 bits per heavy atom. The van der Waals surface area contributed by atoms with Crippen LogP contribution in [0.15, 0.2) is 114 Å². The fourth-order valence-electron chi connectivity index (χ4n) is 4.53. The van der Waals surface area contributed by atoms with Crippen LogP contribution in [0.25, 0.3) is 0 Å². The van der Waals surface area contributed by atoms with Gasteiger partial charge in [-0.2, -0.15) is 0 Å². The number of ether oxygens (including phenoxy) is 1. The Bertz CT molecular complexity index is 1460. The first-order chi connectivity index (χ1) is 20.0. The number of nitrogens with zero attached hydrogens (tertiary/aromatic N) is 2.